The van der Waals surface area contributed by atoms with Crippen LogP contribution < -0.4 is 5.32 Å². The summed E-state index contributed by atoms with van der Waals surface area (Å²) in [4.78, 5) is 39.9. The summed E-state index contributed by atoms with van der Waals surface area (Å²) in [5.41, 5.74) is 5.21. The molecule has 2 N–H and O–H groups in total. The quantitative estimate of drug-likeness (QED) is 0.165. The zero-order valence-corrected chi connectivity index (χ0v) is 26.4. The summed E-state index contributed by atoms with van der Waals surface area (Å²) in [5.74, 6) is -0.910. The second kappa shape index (κ2) is 10.8. The van der Waals surface area contributed by atoms with E-state index >= 15 is 0 Å². The fourth-order valence-electron chi connectivity index (χ4n) is 5.98. The van der Waals surface area contributed by atoms with Gasteiger partial charge >= 0.3 is 0 Å². The lowest BCUT2D eigenvalue weighted by atomic mass is 9.83. The topological polar surface area (TPSA) is 101 Å². The molecule has 0 spiro atoms. The molecule has 1 aliphatic heterocycles. The number of aromatic amines is 1. The maximum atomic E-state index is 13.6. The minimum absolute atomic E-state index is 0.114. The summed E-state index contributed by atoms with van der Waals surface area (Å²) in [6, 6.07) is 27.8. The number of hydrogen-bond acceptors (Lipinski definition) is 5. The van der Waals surface area contributed by atoms with Crippen LogP contribution >= 0.6 is 0 Å². The highest BCUT2D eigenvalue weighted by Crippen LogP contribution is 2.42. The molecule has 0 atom stereocenters. The van der Waals surface area contributed by atoms with Crippen molar-refractivity contribution >= 4 is 49.3 Å². The van der Waals surface area contributed by atoms with Crippen LogP contribution in [0.1, 0.15) is 54.5 Å². The molecule has 0 saturated carbocycles. The Labute approximate surface area is 263 Å². The third-order valence-electron chi connectivity index (χ3n) is 7.94. The van der Waals surface area contributed by atoms with E-state index in [1.165, 1.54) is 0 Å². The molecule has 2 radical (unpaired) electrons. The Morgan fingerprint density at radius 1 is 0.822 bits per heavy atom. The second-order valence-corrected chi connectivity index (χ2v) is 14.1. The van der Waals surface area contributed by atoms with Crippen LogP contribution in [0.4, 0.5) is 0 Å². The van der Waals surface area contributed by atoms with Gasteiger partial charge in [-0.25, -0.2) is 4.98 Å². The Morgan fingerprint density at radius 3 is 2.11 bits per heavy atom. The molecular weight excluding hydrogens is 579 g/mol. The SMILES string of the molecule is Cc1nc2cnc(C(O[Si]C(C)(C)C)(c3ccccc3)c3ccccc3)cn2c1C1=C(c2c[nH]c3ccccc23)C(=O)NC1=O. The molecule has 2 amide bonds. The standard InChI is InChI=1S/C36H31N5O3Si/c1-22-32(31-30(33(42)40-34(31)43)26-19-37-27-18-12-11-17-25(26)27)41-21-28(38-20-29(41)39-22)36(44-45-35(2,3)4,23-13-7-5-8-14-23)24-15-9-6-10-16-24/h5-21,37H,1-4H3,(H,40,42,43). The first kappa shape index (κ1) is 28.6. The number of nitrogens with one attached hydrogen (secondary N) is 2. The Balaban J connectivity index is 1.51. The molecule has 3 aromatic carbocycles. The van der Waals surface area contributed by atoms with Crippen molar-refractivity contribution in [1.29, 1.82) is 0 Å². The molecule has 7 rings (SSSR count). The van der Waals surface area contributed by atoms with Gasteiger partial charge in [-0.3, -0.25) is 24.3 Å². The zero-order chi connectivity index (χ0) is 31.3. The van der Waals surface area contributed by atoms with Crippen molar-refractivity contribution in [2.45, 2.75) is 38.3 Å². The molecule has 0 fully saturated rings. The molecule has 0 saturated heterocycles. The molecule has 9 heteroatoms. The van der Waals surface area contributed by atoms with Crippen LogP contribution in [0.2, 0.25) is 5.04 Å². The summed E-state index contributed by atoms with van der Waals surface area (Å²) in [6.45, 7) is 8.29. The smallest absolute Gasteiger partial charge is 0.261 e. The number of nitrogens with zero attached hydrogens (tertiary/aromatic N) is 3. The van der Waals surface area contributed by atoms with Crippen LogP contribution in [-0.2, 0) is 19.6 Å². The molecular formula is C36H31N5O3Si. The van der Waals surface area contributed by atoms with E-state index in [-0.39, 0.29) is 20.4 Å². The normalized spacial score (nSPS) is 14.1. The van der Waals surface area contributed by atoms with Gasteiger partial charge in [0.25, 0.3) is 11.8 Å². The number of carbonyl (C=O) groups is 2. The first-order valence-corrected chi connectivity index (χ1v) is 15.7. The number of hydrogen-bond donors (Lipinski definition) is 2. The fraction of sp³-hybridized carbons (Fsp3) is 0.167. The molecule has 222 valence electrons. The van der Waals surface area contributed by atoms with Crippen LogP contribution in [-0.4, -0.2) is 40.9 Å². The van der Waals surface area contributed by atoms with E-state index in [0.717, 1.165) is 22.0 Å². The largest absolute Gasteiger partial charge is 0.398 e. The molecule has 8 nitrogen and oxygen atoms in total. The van der Waals surface area contributed by atoms with Gasteiger partial charge in [0.1, 0.15) is 0 Å². The lowest BCUT2D eigenvalue weighted by Crippen LogP contribution is -2.37. The second-order valence-electron chi connectivity index (χ2n) is 12.2. The molecule has 45 heavy (non-hydrogen) atoms. The van der Waals surface area contributed by atoms with Gasteiger partial charge in [0.15, 0.2) is 11.2 Å². The van der Waals surface area contributed by atoms with E-state index in [1.807, 2.05) is 102 Å². The van der Waals surface area contributed by atoms with Gasteiger partial charge in [0, 0.05) is 28.9 Å². The van der Waals surface area contributed by atoms with E-state index in [4.69, 9.17) is 14.4 Å². The average Bonchev–Trinajstić information content (AvgIpc) is 3.69. The molecule has 0 aliphatic carbocycles. The number of H-pyrrole nitrogens is 1. The van der Waals surface area contributed by atoms with Crippen LogP contribution in [0.15, 0.2) is 104 Å². The van der Waals surface area contributed by atoms with Gasteiger partial charge in [0.05, 0.1) is 34.4 Å². The minimum Gasteiger partial charge on any atom is -0.398 e. The van der Waals surface area contributed by atoms with E-state index in [2.05, 4.69) is 31.1 Å². The highest BCUT2D eigenvalue weighted by atomic mass is 28.2. The maximum absolute atomic E-state index is 13.6. The fourth-order valence-corrected chi connectivity index (χ4v) is 6.78. The number of amides is 2. The van der Waals surface area contributed by atoms with Crippen molar-refractivity contribution in [3.63, 3.8) is 0 Å². The first-order chi connectivity index (χ1) is 21.7. The Hall–Kier alpha value is -5.12. The first-order valence-electron chi connectivity index (χ1n) is 14.8. The average molecular weight is 610 g/mol. The maximum Gasteiger partial charge on any atom is 0.261 e. The van der Waals surface area contributed by atoms with Crippen molar-refractivity contribution in [2.75, 3.05) is 0 Å². The lowest BCUT2D eigenvalue weighted by Gasteiger charge is -2.37. The predicted octanol–water partition coefficient (Wildman–Crippen LogP) is 6.23. The summed E-state index contributed by atoms with van der Waals surface area (Å²) in [6.07, 6.45) is 5.38. The Morgan fingerprint density at radius 2 is 1.44 bits per heavy atom. The lowest BCUT2D eigenvalue weighted by molar-refractivity contribution is -0.122. The highest BCUT2D eigenvalue weighted by molar-refractivity contribution is 6.50. The summed E-state index contributed by atoms with van der Waals surface area (Å²) in [5, 5.41) is 3.28. The Kier molecular flexibility index (Phi) is 6.87. The van der Waals surface area contributed by atoms with Crippen LogP contribution in [0.5, 0.6) is 0 Å². The van der Waals surface area contributed by atoms with E-state index in [1.54, 1.807) is 12.4 Å². The number of imidazole rings is 1. The van der Waals surface area contributed by atoms with Crippen LogP contribution in [0, 0.1) is 6.92 Å². The van der Waals surface area contributed by atoms with Crippen LogP contribution in [0.25, 0.3) is 27.7 Å². The number of benzene rings is 3. The number of para-hydroxylation sites is 1. The third-order valence-corrected chi connectivity index (χ3v) is 8.96. The zero-order valence-electron chi connectivity index (χ0n) is 25.4. The van der Waals surface area contributed by atoms with Gasteiger partial charge in [-0.05, 0) is 29.2 Å². The van der Waals surface area contributed by atoms with Gasteiger partial charge in [0.2, 0.25) is 9.76 Å². The number of rotatable bonds is 7. The van der Waals surface area contributed by atoms with Crippen molar-refractivity contribution in [2.24, 2.45) is 0 Å². The van der Waals surface area contributed by atoms with E-state index in [0.29, 0.717) is 33.9 Å². The Bertz CT molecular complexity index is 2090. The van der Waals surface area contributed by atoms with E-state index < -0.39 is 17.4 Å². The molecule has 3 aromatic heterocycles. The van der Waals surface area contributed by atoms with Gasteiger partial charge < -0.3 is 9.41 Å². The summed E-state index contributed by atoms with van der Waals surface area (Å²) in [7, 11) is 0.132. The monoisotopic (exact) mass is 609 g/mol. The molecule has 1 aliphatic rings. The molecule has 0 bridgehead atoms. The number of aryl methyl sites for hydroxylation is 1. The van der Waals surface area contributed by atoms with Gasteiger partial charge in [-0.2, -0.15) is 0 Å². The van der Waals surface area contributed by atoms with E-state index in [9.17, 15) is 9.59 Å². The molecule has 4 heterocycles. The predicted molar refractivity (Wildman–Crippen MR) is 175 cm³/mol. The van der Waals surface area contributed by atoms with Crippen molar-refractivity contribution in [3.05, 3.63) is 137 Å². The third kappa shape index (κ3) is 4.81. The number of imide groups is 1. The minimum atomic E-state index is -1.07. The molecule has 0 unspecified atom stereocenters. The summed E-state index contributed by atoms with van der Waals surface area (Å²) < 4.78 is 8.89. The number of aromatic nitrogens is 4. The molecule has 6 aromatic rings. The van der Waals surface area contributed by atoms with Crippen molar-refractivity contribution in [3.8, 4) is 0 Å². The number of fused-ring (bicyclic) bond motifs is 2. The van der Waals surface area contributed by atoms with Crippen LogP contribution in [0.3, 0.4) is 0 Å². The van der Waals surface area contributed by atoms with Gasteiger partial charge in [-0.1, -0.05) is 99.6 Å². The van der Waals surface area contributed by atoms with Crippen molar-refractivity contribution in [1.82, 2.24) is 24.7 Å². The van der Waals surface area contributed by atoms with Crippen molar-refractivity contribution < 1.29 is 14.0 Å². The number of carbonyl (C=O) groups excluding carboxylic acids is 2. The highest BCUT2D eigenvalue weighted by Gasteiger charge is 2.42. The summed E-state index contributed by atoms with van der Waals surface area (Å²) >= 11 is 0. The van der Waals surface area contributed by atoms with Gasteiger partial charge in [-0.15, -0.1) is 0 Å².